The summed E-state index contributed by atoms with van der Waals surface area (Å²) in [5.74, 6) is 0. The molecule has 2 rings (SSSR count). The molecule has 1 heterocycles. The van der Waals surface area contributed by atoms with Crippen molar-refractivity contribution in [2.45, 2.75) is 18.9 Å². The van der Waals surface area contributed by atoms with Crippen molar-refractivity contribution in [2.24, 2.45) is 0 Å². The van der Waals surface area contributed by atoms with Crippen molar-refractivity contribution >= 4 is 11.6 Å². The summed E-state index contributed by atoms with van der Waals surface area (Å²) in [5, 5.41) is 0.569. The van der Waals surface area contributed by atoms with Gasteiger partial charge < -0.3 is 4.74 Å². The molecular weight excluding hydrogens is 176 g/mol. The Hall–Kier alpha value is -0.670. The van der Waals surface area contributed by atoms with Crippen molar-refractivity contribution < 1.29 is 4.74 Å². The Morgan fingerprint density at radius 3 is 3.17 bits per heavy atom. The van der Waals surface area contributed by atoms with Crippen LogP contribution in [-0.2, 0) is 11.2 Å². The third kappa shape index (κ3) is 1.09. The highest BCUT2D eigenvalue weighted by molar-refractivity contribution is 6.30. The number of ether oxygens (including phenoxy) is 1. The van der Waals surface area contributed by atoms with Crippen molar-refractivity contribution in [3.05, 3.63) is 22.7 Å². The summed E-state index contributed by atoms with van der Waals surface area (Å²) in [6.07, 6.45) is 3.48. The number of hydrogen-bond donors (Lipinski definition) is 0. The molecule has 0 bridgehead atoms. The molecule has 1 aliphatic carbocycles. The van der Waals surface area contributed by atoms with Crippen molar-refractivity contribution in [2.75, 3.05) is 7.11 Å². The number of nitrogens with zero attached hydrogens (tertiary/aromatic N) is 2. The van der Waals surface area contributed by atoms with E-state index in [1.165, 1.54) is 6.33 Å². The fourth-order valence-electron chi connectivity index (χ4n) is 1.55. The van der Waals surface area contributed by atoms with Crippen LogP contribution in [0.2, 0.25) is 5.15 Å². The molecule has 0 N–H and O–H groups in total. The molecule has 1 aliphatic rings. The van der Waals surface area contributed by atoms with Gasteiger partial charge in [-0.05, 0) is 12.8 Å². The lowest BCUT2D eigenvalue weighted by atomic mass is 10.3. The zero-order valence-corrected chi connectivity index (χ0v) is 7.51. The average Bonchev–Trinajstić information content (AvgIpc) is 2.49. The van der Waals surface area contributed by atoms with Gasteiger partial charge in [-0.3, -0.25) is 0 Å². The summed E-state index contributed by atoms with van der Waals surface area (Å²) in [6, 6.07) is 0. The Labute approximate surface area is 75.7 Å². The molecule has 0 aromatic carbocycles. The zero-order valence-electron chi connectivity index (χ0n) is 6.75. The second kappa shape index (κ2) is 2.99. The van der Waals surface area contributed by atoms with Gasteiger partial charge in [-0.2, -0.15) is 0 Å². The maximum absolute atomic E-state index is 5.89. The molecule has 1 atom stereocenters. The number of halogens is 1. The first-order chi connectivity index (χ1) is 5.83. The first-order valence-corrected chi connectivity index (χ1v) is 4.22. The van der Waals surface area contributed by atoms with Crippen LogP contribution in [0.5, 0.6) is 0 Å². The van der Waals surface area contributed by atoms with Crippen molar-refractivity contribution in [3.8, 4) is 0 Å². The maximum atomic E-state index is 5.89. The monoisotopic (exact) mass is 184 g/mol. The number of methoxy groups -OCH3 is 1. The van der Waals surface area contributed by atoms with Crippen LogP contribution in [-0.4, -0.2) is 17.1 Å². The van der Waals surface area contributed by atoms with Gasteiger partial charge in [0, 0.05) is 12.7 Å². The highest BCUT2D eigenvalue weighted by atomic mass is 35.5. The predicted octanol–water partition coefficient (Wildman–Crippen LogP) is 1.76. The van der Waals surface area contributed by atoms with Gasteiger partial charge in [-0.15, -0.1) is 0 Å². The standard InChI is InChI=1S/C8H9ClN2O/c1-12-6-3-2-5-7(6)10-4-11-8(5)9/h4,6H,2-3H2,1H3. The van der Waals surface area contributed by atoms with Crippen LogP contribution in [0, 0.1) is 0 Å². The molecule has 1 unspecified atom stereocenters. The summed E-state index contributed by atoms with van der Waals surface area (Å²) in [7, 11) is 1.69. The van der Waals surface area contributed by atoms with E-state index < -0.39 is 0 Å². The fraction of sp³-hybridized carbons (Fsp3) is 0.500. The van der Waals surface area contributed by atoms with Gasteiger partial charge in [0.2, 0.25) is 0 Å². The molecule has 4 heteroatoms. The third-order valence-corrected chi connectivity index (χ3v) is 2.50. The average molecular weight is 185 g/mol. The van der Waals surface area contributed by atoms with E-state index >= 15 is 0 Å². The van der Waals surface area contributed by atoms with Gasteiger partial charge >= 0.3 is 0 Å². The molecular formula is C8H9ClN2O. The highest BCUT2D eigenvalue weighted by Crippen LogP contribution is 2.34. The zero-order chi connectivity index (χ0) is 8.55. The first-order valence-electron chi connectivity index (χ1n) is 3.85. The lowest BCUT2D eigenvalue weighted by Gasteiger charge is -2.06. The number of hydrogen-bond acceptors (Lipinski definition) is 3. The molecule has 0 saturated carbocycles. The van der Waals surface area contributed by atoms with E-state index in [0.29, 0.717) is 5.15 Å². The molecule has 0 radical (unpaired) electrons. The summed E-state index contributed by atoms with van der Waals surface area (Å²) >= 11 is 5.89. The van der Waals surface area contributed by atoms with E-state index in [9.17, 15) is 0 Å². The van der Waals surface area contributed by atoms with E-state index in [1.54, 1.807) is 7.11 Å². The topological polar surface area (TPSA) is 35.0 Å². The minimum atomic E-state index is 0.112. The molecule has 0 spiro atoms. The van der Waals surface area contributed by atoms with E-state index in [1.807, 2.05) is 0 Å². The second-order valence-electron chi connectivity index (χ2n) is 2.79. The minimum absolute atomic E-state index is 0.112. The first kappa shape index (κ1) is 7.95. The number of fused-ring (bicyclic) bond motifs is 1. The van der Waals surface area contributed by atoms with Gasteiger partial charge in [-0.1, -0.05) is 11.6 Å². The summed E-state index contributed by atoms with van der Waals surface area (Å²) < 4.78 is 5.24. The number of rotatable bonds is 1. The van der Waals surface area contributed by atoms with Crippen LogP contribution in [0.15, 0.2) is 6.33 Å². The molecule has 64 valence electrons. The molecule has 1 aromatic rings. The SMILES string of the molecule is COC1CCc2c(Cl)ncnc21. The van der Waals surface area contributed by atoms with Gasteiger partial charge in [-0.25, -0.2) is 9.97 Å². The Bertz CT molecular complexity index is 303. The van der Waals surface area contributed by atoms with E-state index in [4.69, 9.17) is 16.3 Å². The largest absolute Gasteiger partial charge is 0.375 e. The number of aromatic nitrogens is 2. The summed E-state index contributed by atoms with van der Waals surface area (Å²) in [4.78, 5) is 8.07. The normalized spacial score (nSPS) is 21.0. The lowest BCUT2D eigenvalue weighted by Crippen LogP contribution is -1.99. The smallest absolute Gasteiger partial charge is 0.135 e. The molecule has 0 fully saturated rings. The molecule has 12 heavy (non-hydrogen) atoms. The van der Waals surface area contributed by atoms with Crippen molar-refractivity contribution in [1.82, 2.24) is 9.97 Å². The van der Waals surface area contributed by atoms with Crippen LogP contribution >= 0.6 is 11.6 Å². The second-order valence-corrected chi connectivity index (χ2v) is 3.15. The van der Waals surface area contributed by atoms with Crippen LogP contribution in [0.4, 0.5) is 0 Å². The summed E-state index contributed by atoms with van der Waals surface area (Å²) in [6.45, 7) is 0. The Morgan fingerprint density at radius 2 is 2.42 bits per heavy atom. The van der Waals surface area contributed by atoms with Gasteiger partial charge in [0.1, 0.15) is 11.5 Å². The van der Waals surface area contributed by atoms with Gasteiger partial charge in [0.25, 0.3) is 0 Å². The predicted molar refractivity (Wildman–Crippen MR) is 45.1 cm³/mol. The minimum Gasteiger partial charge on any atom is -0.375 e. The molecule has 0 amide bonds. The molecule has 1 aromatic heterocycles. The Morgan fingerprint density at radius 1 is 1.58 bits per heavy atom. The van der Waals surface area contributed by atoms with Crippen molar-refractivity contribution in [1.29, 1.82) is 0 Å². The third-order valence-electron chi connectivity index (χ3n) is 2.17. The molecule has 3 nitrogen and oxygen atoms in total. The van der Waals surface area contributed by atoms with E-state index in [2.05, 4.69) is 9.97 Å². The Balaban J connectivity index is 2.46. The van der Waals surface area contributed by atoms with Gasteiger partial charge in [0.15, 0.2) is 0 Å². The Kier molecular flexibility index (Phi) is 1.98. The van der Waals surface area contributed by atoms with Crippen LogP contribution in [0.3, 0.4) is 0 Å². The summed E-state index contributed by atoms with van der Waals surface area (Å²) in [5.41, 5.74) is 2.00. The lowest BCUT2D eigenvalue weighted by molar-refractivity contribution is 0.102. The molecule has 0 saturated heterocycles. The maximum Gasteiger partial charge on any atom is 0.135 e. The van der Waals surface area contributed by atoms with Gasteiger partial charge in [0.05, 0.1) is 11.8 Å². The quantitative estimate of drug-likeness (QED) is 0.624. The van der Waals surface area contributed by atoms with Crippen molar-refractivity contribution in [3.63, 3.8) is 0 Å². The van der Waals surface area contributed by atoms with Crippen LogP contribution in [0.25, 0.3) is 0 Å². The van der Waals surface area contributed by atoms with E-state index in [-0.39, 0.29) is 6.10 Å². The molecule has 0 aliphatic heterocycles. The van der Waals surface area contributed by atoms with E-state index in [0.717, 1.165) is 24.1 Å². The van der Waals surface area contributed by atoms with Crippen LogP contribution < -0.4 is 0 Å². The fourth-order valence-corrected chi connectivity index (χ4v) is 1.79. The highest BCUT2D eigenvalue weighted by Gasteiger charge is 2.25. The van der Waals surface area contributed by atoms with Crippen LogP contribution in [0.1, 0.15) is 23.8 Å².